The molecule has 1 amide bonds. The lowest BCUT2D eigenvalue weighted by molar-refractivity contribution is -0.123. The van der Waals surface area contributed by atoms with E-state index in [0.29, 0.717) is 21.6 Å². The first-order chi connectivity index (χ1) is 15.6. The highest BCUT2D eigenvalue weighted by atomic mass is 32.2. The van der Waals surface area contributed by atoms with Gasteiger partial charge in [-0.3, -0.25) is 9.69 Å². The Kier molecular flexibility index (Phi) is 6.61. The summed E-state index contributed by atoms with van der Waals surface area (Å²) in [6, 6.07) is 25.0. The number of methoxy groups -OCH3 is 2. The topological polar surface area (TPSA) is 51.1 Å². The van der Waals surface area contributed by atoms with Crippen molar-refractivity contribution in [3.63, 3.8) is 0 Å². The number of nitrogens with zero attached hydrogens (tertiary/aromatic N) is 2. The van der Waals surface area contributed by atoms with Crippen LogP contribution < -0.4 is 9.47 Å². The lowest BCUT2D eigenvalue weighted by Gasteiger charge is -2.24. The van der Waals surface area contributed by atoms with Gasteiger partial charge in [-0.1, -0.05) is 48.5 Å². The average Bonchev–Trinajstić information content (AvgIpc) is 3.14. The zero-order chi connectivity index (χ0) is 22.5. The van der Waals surface area contributed by atoms with Crippen molar-refractivity contribution in [3.8, 4) is 11.5 Å². The van der Waals surface area contributed by atoms with Crippen molar-refractivity contribution in [2.75, 3.05) is 14.2 Å². The molecular formula is C26H24N2O3S. The first kappa shape index (κ1) is 21.7. The summed E-state index contributed by atoms with van der Waals surface area (Å²) in [7, 11) is 3.21. The van der Waals surface area contributed by atoms with Gasteiger partial charge in [0.25, 0.3) is 5.91 Å². The van der Waals surface area contributed by atoms with Crippen molar-refractivity contribution in [1.82, 2.24) is 4.90 Å². The van der Waals surface area contributed by atoms with E-state index in [9.17, 15) is 4.79 Å². The molecule has 0 spiro atoms. The number of carbonyl (C=O) groups excluding carboxylic acids is 1. The molecule has 0 aromatic heterocycles. The van der Waals surface area contributed by atoms with Gasteiger partial charge in [0, 0.05) is 11.6 Å². The molecule has 0 radical (unpaired) electrons. The zero-order valence-electron chi connectivity index (χ0n) is 18.2. The van der Waals surface area contributed by atoms with Crippen LogP contribution in [0, 0.1) is 0 Å². The molecule has 3 aromatic rings. The molecule has 1 atom stereocenters. The molecule has 3 aromatic carbocycles. The van der Waals surface area contributed by atoms with Crippen molar-refractivity contribution in [2.45, 2.75) is 13.0 Å². The molecule has 1 heterocycles. The molecule has 0 unspecified atom stereocenters. The van der Waals surface area contributed by atoms with Crippen LogP contribution in [0.4, 0.5) is 5.69 Å². The Morgan fingerprint density at radius 1 is 0.938 bits per heavy atom. The number of benzene rings is 3. The van der Waals surface area contributed by atoms with Gasteiger partial charge >= 0.3 is 0 Å². The number of para-hydroxylation sites is 1. The minimum atomic E-state index is -0.165. The smallest absolute Gasteiger partial charge is 0.267 e. The maximum atomic E-state index is 13.5. The minimum absolute atomic E-state index is 0.0843. The third-order valence-corrected chi connectivity index (χ3v) is 6.20. The third-order valence-electron chi connectivity index (χ3n) is 5.21. The van der Waals surface area contributed by atoms with E-state index in [2.05, 4.69) is 0 Å². The monoisotopic (exact) mass is 444 g/mol. The van der Waals surface area contributed by atoms with Gasteiger partial charge in [0.2, 0.25) is 0 Å². The van der Waals surface area contributed by atoms with Crippen LogP contribution in [0.3, 0.4) is 0 Å². The second-order valence-electron chi connectivity index (χ2n) is 7.21. The summed E-state index contributed by atoms with van der Waals surface area (Å²) in [4.78, 5) is 20.7. The summed E-state index contributed by atoms with van der Waals surface area (Å²) in [5.41, 5.74) is 2.65. The normalized spacial score (nSPS) is 17.1. The molecule has 1 aliphatic rings. The molecule has 0 aliphatic carbocycles. The first-order valence-electron chi connectivity index (χ1n) is 10.2. The molecule has 162 valence electrons. The predicted octanol–water partition coefficient (Wildman–Crippen LogP) is 6.07. The SMILES string of the molecule is COc1ccc(/C=C2/SC(=Nc3ccccc3)N([C@H](C)c3ccccc3)C2=O)c(OC)c1. The number of carbonyl (C=O) groups is 1. The molecule has 0 bridgehead atoms. The summed E-state index contributed by atoms with van der Waals surface area (Å²) in [6.07, 6.45) is 1.85. The van der Waals surface area contributed by atoms with Gasteiger partial charge in [-0.2, -0.15) is 0 Å². The summed E-state index contributed by atoms with van der Waals surface area (Å²) >= 11 is 1.37. The van der Waals surface area contributed by atoms with Crippen molar-refractivity contribution in [1.29, 1.82) is 0 Å². The number of ether oxygens (including phenoxy) is 2. The van der Waals surface area contributed by atoms with E-state index in [1.165, 1.54) is 11.8 Å². The Labute approximate surface area is 192 Å². The number of amides is 1. The molecule has 4 rings (SSSR count). The summed E-state index contributed by atoms with van der Waals surface area (Å²) in [5, 5.41) is 0.649. The van der Waals surface area contributed by atoms with E-state index in [0.717, 1.165) is 16.8 Å². The molecule has 0 N–H and O–H groups in total. The average molecular weight is 445 g/mol. The number of rotatable bonds is 6. The maximum Gasteiger partial charge on any atom is 0.267 e. The standard InChI is InChI=1S/C26H24N2O3S/c1-18(19-10-6-4-7-11-19)28-25(29)24(32-26(28)27-21-12-8-5-9-13-21)16-20-14-15-22(30-2)17-23(20)31-3/h4-18H,1-3H3/b24-16+,27-26?/t18-/m1/s1. The fourth-order valence-corrected chi connectivity index (χ4v) is 4.54. The van der Waals surface area contributed by atoms with Gasteiger partial charge in [0.15, 0.2) is 5.17 Å². The van der Waals surface area contributed by atoms with Gasteiger partial charge in [-0.25, -0.2) is 4.99 Å². The second kappa shape index (κ2) is 9.75. The fourth-order valence-electron chi connectivity index (χ4n) is 3.48. The van der Waals surface area contributed by atoms with Gasteiger partial charge in [-0.05, 0) is 54.6 Å². The molecular weight excluding hydrogens is 420 g/mol. The number of aliphatic imine (C=N–C) groups is 1. The molecule has 6 heteroatoms. The first-order valence-corrected chi connectivity index (χ1v) is 11.1. The van der Waals surface area contributed by atoms with Crippen LogP contribution in [0.1, 0.15) is 24.1 Å². The Balaban J connectivity index is 1.76. The quantitative estimate of drug-likeness (QED) is 0.433. The van der Waals surface area contributed by atoms with E-state index in [-0.39, 0.29) is 11.9 Å². The van der Waals surface area contributed by atoms with Crippen LogP contribution in [0.2, 0.25) is 0 Å². The molecule has 1 aliphatic heterocycles. The third kappa shape index (κ3) is 4.55. The Bertz CT molecular complexity index is 1160. The Morgan fingerprint density at radius 3 is 2.28 bits per heavy atom. The number of thioether (sulfide) groups is 1. The molecule has 5 nitrogen and oxygen atoms in total. The molecule has 1 fully saturated rings. The minimum Gasteiger partial charge on any atom is -0.497 e. The van der Waals surface area contributed by atoms with E-state index in [4.69, 9.17) is 14.5 Å². The predicted molar refractivity (Wildman–Crippen MR) is 130 cm³/mol. The number of amidine groups is 1. The maximum absolute atomic E-state index is 13.5. The van der Waals surface area contributed by atoms with Gasteiger partial charge in [0.1, 0.15) is 11.5 Å². The van der Waals surface area contributed by atoms with E-state index < -0.39 is 0 Å². The number of hydrogen-bond acceptors (Lipinski definition) is 5. The highest BCUT2D eigenvalue weighted by molar-refractivity contribution is 8.18. The lowest BCUT2D eigenvalue weighted by Crippen LogP contribution is -2.32. The largest absolute Gasteiger partial charge is 0.497 e. The van der Waals surface area contributed by atoms with Crippen molar-refractivity contribution >= 4 is 34.6 Å². The van der Waals surface area contributed by atoms with E-state index in [1.54, 1.807) is 25.2 Å². The number of hydrogen-bond donors (Lipinski definition) is 0. The van der Waals surface area contributed by atoms with Gasteiger partial charge < -0.3 is 9.47 Å². The summed E-state index contributed by atoms with van der Waals surface area (Å²) < 4.78 is 10.8. The second-order valence-corrected chi connectivity index (χ2v) is 8.22. The highest BCUT2D eigenvalue weighted by Gasteiger charge is 2.37. The highest BCUT2D eigenvalue weighted by Crippen LogP contribution is 2.40. The van der Waals surface area contributed by atoms with Crippen LogP contribution in [0.15, 0.2) is 88.8 Å². The van der Waals surface area contributed by atoms with Crippen LogP contribution >= 0.6 is 11.8 Å². The van der Waals surface area contributed by atoms with E-state index in [1.807, 2.05) is 85.8 Å². The van der Waals surface area contributed by atoms with Crippen molar-refractivity contribution < 1.29 is 14.3 Å². The molecule has 32 heavy (non-hydrogen) atoms. The molecule has 1 saturated heterocycles. The van der Waals surface area contributed by atoms with Crippen molar-refractivity contribution in [3.05, 3.63) is 94.9 Å². The lowest BCUT2D eigenvalue weighted by atomic mass is 10.1. The van der Waals surface area contributed by atoms with Crippen LogP contribution in [-0.4, -0.2) is 30.2 Å². The fraction of sp³-hybridized carbons (Fsp3) is 0.154. The van der Waals surface area contributed by atoms with Crippen LogP contribution in [0.25, 0.3) is 6.08 Å². The van der Waals surface area contributed by atoms with Gasteiger partial charge in [0.05, 0.1) is 30.9 Å². The van der Waals surface area contributed by atoms with Crippen molar-refractivity contribution in [2.24, 2.45) is 4.99 Å². The van der Waals surface area contributed by atoms with E-state index >= 15 is 0 Å². The summed E-state index contributed by atoms with van der Waals surface area (Å²) in [5.74, 6) is 1.25. The summed E-state index contributed by atoms with van der Waals surface area (Å²) in [6.45, 7) is 2.02. The zero-order valence-corrected chi connectivity index (χ0v) is 19.0. The van der Waals surface area contributed by atoms with Crippen LogP contribution in [-0.2, 0) is 4.79 Å². The molecule has 0 saturated carbocycles. The van der Waals surface area contributed by atoms with Gasteiger partial charge in [-0.15, -0.1) is 0 Å². The Morgan fingerprint density at radius 2 is 1.62 bits per heavy atom. The van der Waals surface area contributed by atoms with Crippen LogP contribution in [0.5, 0.6) is 11.5 Å². The Hall–Kier alpha value is -3.51.